The Bertz CT molecular complexity index is 926. The van der Waals surface area contributed by atoms with Gasteiger partial charge in [-0.25, -0.2) is 4.98 Å². The summed E-state index contributed by atoms with van der Waals surface area (Å²) in [5, 5.41) is 13.8. The molecule has 3 aromatic rings. The second-order valence-corrected chi connectivity index (χ2v) is 7.53. The zero-order valence-electron chi connectivity index (χ0n) is 16.5. The van der Waals surface area contributed by atoms with Crippen LogP contribution in [0.3, 0.4) is 0 Å². The number of phenolic OH excluding ortho intramolecular Hbond substituents is 1. The van der Waals surface area contributed by atoms with Crippen molar-refractivity contribution in [2.75, 3.05) is 31.8 Å². The van der Waals surface area contributed by atoms with Gasteiger partial charge in [0.2, 0.25) is 0 Å². The second-order valence-electron chi connectivity index (χ2n) is 6.65. The van der Waals surface area contributed by atoms with E-state index in [1.807, 2.05) is 25.1 Å². The first kappa shape index (κ1) is 20.2. The van der Waals surface area contributed by atoms with Gasteiger partial charge in [-0.3, -0.25) is 0 Å². The lowest BCUT2D eigenvalue weighted by molar-refractivity contribution is 0.198. The minimum Gasteiger partial charge on any atom is -0.507 e. The lowest BCUT2D eigenvalue weighted by Gasteiger charge is -2.13. The maximum absolute atomic E-state index is 10.4. The van der Waals surface area contributed by atoms with E-state index in [9.17, 15) is 5.11 Å². The van der Waals surface area contributed by atoms with Crippen LogP contribution >= 0.6 is 11.8 Å². The molecule has 146 valence electrons. The summed E-state index contributed by atoms with van der Waals surface area (Å²) in [6.45, 7) is 3.49. The number of phenols is 1. The smallest absolute Gasteiger partial charge is 0.127 e. The fourth-order valence-corrected chi connectivity index (χ4v) is 3.41. The van der Waals surface area contributed by atoms with Gasteiger partial charge in [-0.2, -0.15) is 0 Å². The number of anilines is 1. The van der Waals surface area contributed by atoms with Crippen LogP contribution in [0.15, 0.2) is 59.5 Å². The highest BCUT2D eigenvalue weighted by atomic mass is 32.2. The molecule has 0 atom stereocenters. The summed E-state index contributed by atoms with van der Waals surface area (Å²) in [6, 6.07) is 18.1. The molecule has 28 heavy (non-hydrogen) atoms. The Morgan fingerprint density at radius 1 is 1.04 bits per heavy atom. The molecule has 0 saturated heterocycles. The number of aromatic nitrogens is 1. The fraction of sp³-hybridized carbons (Fsp3) is 0.261. The molecule has 3 rings (SSSR count). The van der Waals surface area contributed by atoms with Crippen molar-refractivity contribution in [1.82, 2.24) is 4.98 Å². The van der Waals surface area contributed by atoms with Gasteiger partial charge in [-0.15, -0.1) is 11.8 Å². The monoisotopic (exact) mass is 394 g/mol. The van der Waals surface area contributed by atoms with Gasteiger partial charge in [0.1, 0.15) is 11.6 Å². The number of aromatic hydroxyl groups is 1. The molecule has 0 saturated carbocycles. The molecule has 0 fully saturated rings. The largest absolute Gasteiger partial charge is 0.507 e. The molecule has 0 bridgehead atoms. The van der Waals surface area contributed by atoms with Crippen LogP contribution in [0.1, 0.15) is 12.0 Å². The SMILES string of the molecule is COCCCNc1cc(-c2ccc(SC)cc2)cc(-c2cc(C)ccc2O)n1. The first-order valence-electron chi connectivity index (χ1n) is 9.30. The Morgan fingerprint density at radius 2 is 1.82 bits per heavy atom. The highest BCUT2D eigenvalue weighted by Crippen LogP contribution is 2.33. The van der Waals surface area contributed by atoms with Gasteiger partial charge in [-0.1, -0.05) is 23.8 Å². The Morgan fingerprint density at radius 3 is 2.54 bits per heavy atom. The summed E-state index contributed by atoms with van der Waals surface area (Å²) in [5.41, 5.74) is 4.75. The number of hydrogen-bond acceptors (Lipinski definition) is 5. The van der Waals surface area contributed by atoms with Gasteiger partial charge < -0.3 is 15.2 Å². The van der Waals surface area contributed by atoms with Crippen molar-refractivity contribution in [2.24, 2.45) is 0 Å². The van der Waals surface area contributed by atoms with Crippen LogP contribution in [-0.2, 0) is 4.74 Å². The predicted octanol–water partition coefficient (Wildman–Crippen LogP) is 5.60. The van der Waals surface area contributed by atoms with Gasteiger partial charge in [0.15, 0.2) is 0 Å². The zero-order valence-corrected chi connectivity index (χ0v) is 17.3. The molecular weight excluding hydrogens is 368 g/mol. The summed E-state index contributed by atoms with van der Waals surface area (Å²) in [6.07, 6.45) is 2.97. The molecule has 0 radical (unpaired) electrons. The normalized spacial score (nSPS) is 10.8. The van der Waals surface area contributed by atoms with Gasteiger partial charge in [-0.05, 0) is 67.1 Å². The predicted molar refractivity (Wildman–Crippen MR) is 118 cm³/mol. The van der Waals surface area contributed by atoms with E-state index in [0.717, 1.165) is 46.7 Å². The Hall–Kier alpha value is -2.50. The number of methoxy groups -OCH3 is 1. The van der Waals surface area contributed by atoms with E-state index in [2.05, 4.69) is 41.9 Å². The van der Waals surface area contributed by atoms with Crippen LogP contribution in [0.4, 0.5) is 5.82 Å². The van der Waals surface area contributed by atoms with Gasteiger partial charge in [0.25, 0.3) is 0 Å². The molecular formula is C23H26N2O2S. The maximum atomic E-state index is 10.4. The standard InChI is InChI=1S/C23H26N2O2S/c1-16-5-10-22(26)20(13-16)21-14-18(17-6-8-19(28-3)9-7-17)15-23(25-21)24-11-4-12-27-2/h5-10,13-15,26H,4,11-12H2,1-3H3,(H,24,25). The lowest BCUT2D eigenvalue weighted by atomic mass is 10.0. The maximum Gasteiger partial charge on any atom is 0.127 e. The summed E-state index contributed by atoms with van der Waals surface area (Å²) in [7, 11) is 1.70. The molecule has 4 nitrogen and oxygen atoms in total. The quantitative estimate of drug-likeness (QED) is 0.385. The number of aryl methyl sites for hydroxylation is 1. The minimum atomic E-state index is 0.235. The van der Waals surface area contributed by atoms with Crippen molar-refractivity contribution in [3.63, 3.8) is 0 Å². The number of ether oxygens (including phenoxy) is 1. The number of thioether (sulfide) groups is 1. The van der Waals surface area contributed by atoms with E-state index < -0.39 is 0 Å². The number of benzene rings is 2. The molecule has 1 aromatic heterocycles. The van der Waals surface area contributed by atoms with Crippen LogP contribution in [0.2, 0.25) is 0 Å². The Kier molecular flexibility index (Phi) is 6.95. The van der Waals surface area contributed by atoms with Crippen molar-refractivity contribution in [1.29, 1.82) is 0 Å². The average molecular weight is 395 g/mol. The fourth-order valence-electron chi connectivity index (χ4n) is 3.00. The molecule has 5 heteroatoms. The van der Waals surface area contributed by atoms with Gasteiger partial charge in [0, 0.05) is 30.7 Å². The number of nitrogens with one attached hydrogen (secondary N) is 1. The lowest BCUT2D eigenvalue weighted by Crippen LogP contribution is -2.06. The molecule has 0 amide bonds. The highest BCUT2D eigenvalue weighted by Gasteiger charge is 2.11. The van der Waals surface area contributed by atoms with Crippen molar-refractivity contribution < 1.29 is 9.84 Å². The molecule has 0 aliphatic carbocycles. The molecule has 0 spiro atoms. The Balaban J connectivity index is 2.01. The second kappa shape index (κ2) is 9.62. The first-order valence-corrected chi connectivity index (χ1v) is 10.5. The molecule has 0 unspecified atom stereocenters. The van der Waals surface area contributed by atoms with Crippen molar-refractivity contribution >= 4 is 17.6 Å². The molecule has 0 aliphatic heterocycles. The molecule has 2 aromatic carbocycles. The Labute approximate surface area is 171 Å². The van der Waals surface area contributed by atoms with E-state index in [1.165, 1.54) is 4.90 Å². The highest BCUT2D eigenvalue weighted by molar-refractivity contribution is 7.98. The van der Waals surface area contributed by atoms with Crippen LogP contribution in [-0.4, -0.2) is 36.6 Å². The average Bonchev–Trinajstić information content (AvgIpc) is 2.73. The summed E-state index contributed by atoms with van der Waals surface area (Å²) < 4.78 is 5.12. The van der Waals surface area contributed by atoms with Crippen LogP contribution < -0.4 is 5.32 Å². The summed E-state index contributed by atoms with van der Waals surface area (Å²) in [4.78, 5) is 5.98. The summed E-state index contributed by atoms with van der Waals surface area (Å²) >= 11 is 1.73. The molecule has 2 N–H and O–H groups in total. The molecule has 1 heterocycles. The zero-order chi connectivity index (χ0) is 19.9. The van der Waals surface area contributed by atoms with Gasteiger partial charge >= 0.3 is 0 Å². The van der Waals surface area contributed by atoms with Crippen LogP contribution in [0.5, 0.6) is 5.75 Å². The number of rotatable bonds is 8. The number of nitrogens with zero attached hydrogens (tertiary/aromatic N) is 1. The molecule has 0 aliphatic rings. The summed E-state index contributed by atoms with van der Waals surface area (Å²) in [5.74, 6) is 1.02. The third-order valence-corrected chi connectivity index (χ3v) is 5.25. The minimum absolute atomic E-state index is 0.235. The van der Waals surface area contributed by atoms with Crippen LogP contribution in [0, 0.1) is 6.92 Å². The number of hydrogen-bond donors (Lipinski definition) is 2. The van der Waals surface area contributed by atoms with Crippen molar-refractivity contribution in [3.8, 4) is 28.1 Å². The van der Waals surface area contributed by atoms with E-state index in [0.29, 0.717) is 6.61 Å². The third kappa shape index (κ3) is 5.06. The third-order valence-electron chi connectivity index (χ3n) is 4.51. The van der Waals surface area contributed by atoms with Crippen molar-refractivity contribution in [3.05, 3.63) is 60.2 Å². The van der Waals surface area contributed by atoms with Gasteiger partial charge in [0.05, 0.1) is 5.69 Å². The topological polar surface area (TPSA) is 54.4 Å². The van der Waals surface area contributed by atoms with E-state index >= 15 is 0 Å². The first-order chi connectivity index (χ1) is 13.6. The van der Waals surface area contributed by atoms with Crippen LogP contribution in [0.25, 0.3) is 22.4 Å². The van der Waals surface area contributed by atoms with E-state index in [4.69, 9.17) is 9.72 Å². The number of pyridine rings is 1. The van der Waals surface area contributed by atoms with E-state index in [1.54, 1.807) is 24.9 Å². The van der Waals surface area contributed by atoms with E-state index in [-0.39, 0.29) is 5.75 Å². The van der Waals surface area contributed by atoms with Crippen molar-refractivity contribution in [2.45, 2.75) is 18.2 Å².